The van der Waals surface area contributed by atoms with E-state index < -0.39 is 28.5 Å². The van der Waals surface area contributed by atoms with Crippen molar-refractivity contribution in [1.29, 1.82) is 0 Å². The number of hydrogen-bond acceptors (Lipinski definition) is 4. The number of sulfonamides is 1. The Bertz CT molecular complexity index is 1430. The molecule has 0 saturated heterocycles. The molecule has 0 aliphatic rings. The molecule has 40 heavy (non-hydrogen) atoms. The summed E-state index contributed by atoms with van der Waals surface area (Å²) >= 11 is 3.45. The van der Waals surface area contributed by atoms with Gasteiger partial charge in [-0.05, 0) is 60.2 Å². The van der Waals surface area contributed by atoms with Crippen molar-refractivity contribution in [2.75, 3.05) is 23.7 Å². The fraction of sp³-hybridized carbons (Fsp3) is 0.355. The van der Waals surface area contributed by atoms with Crippen LogP contribution in [0.1, 0.15) is 36.1 Å². The van der Waals surface area contributed by atoms with Crippen LogP contribution in [0.25, 0.3) is 0 Å². The van der Waals surface area contributed by atoms with Gasteiger partial charge in [-0.1, -0.05) is 84.4 Å². The van der Waals surface area contributed by atoms with Crippen LogP contribution in [-0.4, -0.2) is 50.5 Å². The zero-order valence-corrected chi connectivity index (χ0v) is 26.1. The second kappa shape index (κ2) is 13.9. The van der Waals surface area contributed by atoms with Gasteiger partial charge in [-0.3, -0.25) is 13.9 Å². The van der Waals surface area contributed by atoms with E-state index in [2.05, 4.69) is 21.2 Å². The first-order chi connectivity index (χ1) is 18.9. The van der Waals surface area contributed by atoms with Crippen molar-refractivity contribution in [1.82, 2.24) is 10.2 Å². The number of nitrogens with zero attached hydrogens (tertiary/aromatic N) is 2. The van der Waals surface area contributed by atoms with Crippen molar-refractivity contribution in [3.8, 4) is 0 Å². The third-order valence-electron chi connectivity index (χ3n) is 6.67. The number of amides is 2. The van der Waals surface area contributed by atoms with Crippen LogP contribution in [0.4, 0.5) is 5.69 Å². The number of anilines is 1. The molecule has 214 valence electrons. The molecule has 0 heterocycles. The molecule has 3 aromatic carbocycles. The highest BCUT2D eigenvalue weighted by Crippen LogP contribution is 2.25. The molecule has 0 aliphatic heterocycles. The summed E-state index contributed by atoms with van der Waals surface area (Å²) in [5.74, 6) is -0.511. The quantitative estimate of drug-likeness (QED) is 0.297. The van der Waals surface area contributed by atoms with Crippen molar-refractivity contribution in [2.45, 2.75) is 46.7 Å². The van der Waals surface area contributed by atoms with E-state index in [9.17, 15) is 18.0 Å². The third-order valence-corrected chi connectivity index (χ3v) is 8.70. The molecule has 3 aromatic rings. The summed E-state index contributed by atoms with van der Waals surface area (Å²) in [7, 11) is -3.81. The molecule has 0 spiro atoms. The highest BCUT2D eigenvalue weighted by Gasteiger charge is 2.33. The first kappa shape index (κ1) is 31.4. The van der Waals surface area contributed by atoms with Crippen LogP contribution in [0.3, 0.4) is 0 Å². The van der Waals surface area contributed by atoms with Crippen molar-refractivity contribution in [2.24, 2.45) is 5.92 Å². The van der Waals surface area contributed by atoms with Crippen molar-refractivity contribution < 1.29 is 18.0 Å². The Labute approximate surface area is 246 Å². The van der Waals surface area contributed by atoms with E-state index in [1.807, 2.05) is 82.3 Å². The summed E-state index contributed by atoms with van der Waals surface area (Å²) in [6.07, 6.45) is 1.37. The molecule has 0 bridgehead atoms. The summed E-state index contributed by atoms with van der Waals surface area (Å²) < 4.78 is 27.8. The zero-order valence-electron chi connectivity index (χ0n) is 23.7. The molecule has 0 aromatic heterocycles. The summed E-state index contributed by atoms with van der Waals surface area (Å²) in [5, 5.41) is 3.00. The predicted octanol–water partition coefficient (Wildman–Crippen LogP) is 5.24. The van der Waals surface area contributed by atoms with E-state index in [1.54, 1.807) is 18.2 Å². The molecular formula is C31H38BrN3O4S. The number of hydrogen-bond donors (Lipinski definition) is 1. The van der Waals surface area contributed by atoms with E-state index in [1.165, 1.54) is 4.90 Å². The van der Waals surface area contributed by atoms with Gasteiger partial charge < -0.3 is 10.2 Å². The van der Waals surface area contributed by atoms with Crippen LogP contribution >= 0.6 is 15.9 Å². The molecule has 0 saturated carbocycles. The monoisotopic (exact) mass is 627 g/mol. The number of aryl methyl sites for hydroxylation is 2. The van der Waals surface area contributed by atoms with Crippen LogP contribution < -0.4 is 9.62 Å². The Balaban J connectivity index is 2.07. The van der Waals surface area contributed by atoms with Gasteiger partial charge in [0.15, 0.2) is 0 Å². The van der Waals surface area contributed by atoms with Gasteiger partial charge in [-0.15, -0.1) is 0 Å². The van der Waals surface area contributed by atoms with Crippen molar-refractivity contribution >= 4 is 43.5 Å². The van der Waals surface area contributed by atoms with Gasteiger partial charge in [0.05, 0.1) is 11.9 Å². The number of carbonyl (C=O) groups excluding carboxylic acids is 2. The molecule has 2 amide bonds. The summed E-state index contributed by atoms with van der Waals surface area (Å²) in [5.41, 5.74) is 3.99. The van der Waals surface area contributed by atoms with Gasteiger partial charge in [-0.25, -0.2) is 8.42 Å². The topological polar surface area (TPSA) is 86.8 Å². The van der Waals surface area contributed by atoms with E-state index in [0.29, 0.717) is 18.7 Å². The SMILES string of the molecule is Cc1cc(N(CC(=O)N(Cc2ccccc2C)[C@@H](Cc2ccccc2)C(=O)NCC(C)C)S(C)(=O)=O)ccc1Br. The van der Waals surface area contributed by atoms with Crippen LogP contribution in [-0.2, 0) is 32.6 Å². The summed E-state index contributed by atoms with van der Waals surface area (Å²) in [4.78, 5) is 29.3. The van der Waals surface area contributed by atoms with E-state index in [0.717, 1.165) is 37.3 Å². The molecule has 0 unspecified atom stereocenters. The van der Waals surface area contributed by atoms with Gasteiger partial charge in [0, 0.05) is 24.0 Å². The van der Waals surface area contributed by atoms with E-state index in [4.69, 9.17) is 0 Å². The molecule has 3 rings (SSSR count). The predicted molar refractivity (Wildman–Crippen MR) is 165 cm³/mol. The van der Waals surface area contributed by atoms with Gasteiger partial charge in [-0.2, -0.15) is 0 Å². The standard InChI is InChI=1S/C31H38BrN3O4S/c1-22(2)19-33-31(37)29(18-25-12-7-6-8-13-25)34(20-26-14-10-9-11-23(26)3)30(36)21-35(40(5,38)39)27-15-16-28(32)24(4)17-27/h6-17,22,29H,18-21H2,1-5H3,(H,33,37)/t29-/m0/s1. The second-order valence-electron chi connectivity index (χ2n) is 10.5. The number of rotatable bonds is 12. The summed E-state index contributed by atoms with van der Waals surface area (Å²) in [6, 6.07) is 21.5. The largest absolute Gasteiger partial charge is 0.354 e. The van der Waals surface area contributed by atoms with Crippen molar-refractivity contribution in [3.05, 3.63) is 99.5 Å². The first-order valence-electron chi connectivity index (χ1n) is 13.3. The molecule has 0 aliphatic carbocycles. The fourth-order valence-electron chi connectivity index (χ4n) is 4.35. The fourth-order valence-corrected chi connectivity index (χ4v) is 5.43. The molecular weight excluding hydrogens is 590 g/mol. The smallest absolute Gasteiger partial charge is 0.244 e. The van der Waals surface area contributed by atoms with Gasteiger partial charge in [0.2, 0.25) is 21.8 Å². The molecule has 0 radical (unpaired) electrons. The molecule has 7 nitrogen and oxygen atoms in total. The lowest BCUT2D eigenvalue weighted by Gasteiger charge is -2.34. The Morgan fingerprint density at radius 2 is 1.57 bits per heavy atom. The van der Waals surface area contributed by atoms with E-state index >= 15 is 0 Å². The number of nitrogens with one attached hydrogen (secondary N) is 1. The Morgan fingerprint density at radius 3 is 2.17 bits per heavy atom. The van der Waals surface area contributed by atoms with Crippen LogP contribution in [0.2, 0.25) is 0 Å². The Kier molecular flexibility index (Phi) is 10.9. The van der Waals surface area contributed by atoms with Crippen molar-refractivity contribution in [3.63, 3.8) is 0 Å². The summed E-state index contributed by atoms with van der Waals surface area (Å²) in [6.45, 7) is 8.01. The molecule has 1 N–H and O–H groups in total. The molecule has 0 fully saturated rings. The highest BCUT2D eigenvalue weighted by atomic mass is 79.9. The van der Waals surface area contributed by atoms with Crippen LogP contribution in [0, 0.1) is 19.8 Å². The van der Waals surface area contributed by atoms with Gasteiger partial charge in [0.25, 0.3) is 0 Å². The first-order valence-corrected chi connectivity index (χ1v) is 15.9. The lowest BCUT2D eigenvalue weighted by Crippen LogP contribution is -2.53. The Hall–Kier alpha value is -3.17. The average molecular weight is 629 g/mol. The molecule has 1 atom stereocenters. The van der Waals surface area contributed by atoms with Gasteiger partial charge >= 0.3 is 0 Å². The number of benzene rings is 3. The maximum absolute atomic E-state index is 14.1. The van der Waals surface area contributed by atoms with Crippen LogP contribution in [0.15, 0.2) is 77.3 Å². The number of halogens is 1. The average Bonchev–Trinajstić information content (AvgIpc) is 2.90. The van der Waals surface area contributed by atoms with E-state index in [-0.39, 0.29) is 18.4 Å². The van der Waals surface area contributed by atoms with Crippen LogP contribution in [0.5, 0.6) is 0 Å². The lowest BCUT2D eigenvalue weighted by atomic mass is 10.0. The lowest BCUT2D eigenvalue weighted by molar-refractivity contribution is -0.140. The third kappa shape index (κ3) is 8.66. The number of carbonyl (C=O) groups is 2. The van der Waals surface area contributed by atoms with Gasteiger partial charge in [0.1, 0.15) is 12.6 Å². The zero-order chi connectivity index (χ0) is 29.4. The maximum atomic E-state index is 14.1. The normalized spacial score (nSPS) is 12.2. The minimum Gasteiger partial charge on any atom is -0.354 e. The minimum atomic E-state index is -3.81. The second-order valence-corrected chi connectivity index (χ2v) is 13.3. The minimum absolute atomic E-state index is 0.162. The highest BCUT2D eigenvalue weighted by molar-refractivity contribution is 9.10. The Morgan fingerprint density at radius 1 is 0.925 bits per heavy atom. The maximum Gasteiger partial charge on any atom is 0.244 e. The molecule has 9 heteroatoms.